The second-order valence-electron chi connectivity index (χ2n) is 2.85. The number of hydrogen-bond acceptors (Lipinski definition) is 2. The standard InChI is InChI=1S/C9H10F3NO/c10-9(11,12)6-13-5-7-3-1-2-4-8(7)14/h1-4,13-14H,5-6H2. The first kappa shape index (κ1) is 10.8. The van der Waals surface area contributed by atoms with E-state index in [9.17, 15) is 18.3 Å². The Bertz CT molecular complexity index is 298. The van der Waals surface area contributed by atoms with E-state index in [0.29, 0.717) is 5.56 Å². The minimum absolute atomic E-state index is 0.00201. The number of rotatable bonds is 3. The number of benzene rings is 1. The third kappa shape index (κ3) is 3.66. The van der Waals surface area contributed by atoms with E-state index in [1.54, 1.807) is 18.2 Å². The predicted molar refractivity (Wildman–Crippen MR) is 45.9 cm³/mol. The zero-order valence-corrected chi connectivity index (χ0v) is 7.30. The van der Waals surface area contributed by atoms with Gasteiger partial charge in [0.15, 0.2) is 0 Å². The first-order chi connectivity index (χ1) is 6.49. The van der Waals surface area contributed by atoms with Crippen LogP contribution in [0.2, 0.25) is 0 Å². The molecule has 0 unspecified atom stereocenters. The Morgan fingerprint density at radius 2 is 1.86 bits per heavy atom. The summed E-state index contributed by atoms with van der Waals surface area (Å²) < 4.78 is 35.2. The molecule has 0 amide bonds. The summed E-state index contributed by atoms with van der Waals surface area (Å²) >= 11 is 0. The van der Waals surface area contributed by atoms with Gasteiger partial charge in [-0.05, 0) is 6.07 Å². The van der Waals surface area contributed by atoms with Crippen molar-refractivity contribution in [3.05, 3.63) is 29.8 Å². The molecule has 0 fully saturated rings. The van der Waals surface area contributed by atoms with Crippen molar-refractivity contribution in [2.45, 2.75) is 12.7 Å². The van der Waals surface area contributed by atoms with Gasteiger partial charge >= 0.3 is 6.18 Å². The van der Waals surface area contributed by atoms with Gasteiger partial charge in [0, 0.05) is 12.1 Å². The van der Waals surface area contributed by atoms with E-state index in [1.807, 2.05) is 0 Å². The molecule has 0 heterocycles. The lowest BCUT2D eigenvalue weighted by molar-refractivity contribution is -0.125. The van der Waals surface area contributed by atoms with Gasteiger partial charge in [-0.25, -0.2) is 0 Å². The zero-order valence-electron chi connectivity index (χ0n) is 7.30. The van der Waals surface area contributed by atoms with Crippen LogP contribution in [-0.4, -0.2) is 17.8 Å². The van der Waals surface area contributed by atoms with Gasteiger partial charge < -0.3 is 10.4 Å². The Balaban J connectivity index is 2.43. The highest BCUT2D eigenvalue weighted by molar-refractivity contribution is 5.31. The van der Waals surface area contributed by atoms with Gasteiger partial charge in [0.25, 0.3) is 0 Å². The maximum absolute atomic E-state index is 11.7. The summed E-state index contributed by atoms with van der Waals surface area (Å²) in [5, 5.41) is 11.4. The van der Waals surface area contributed by atoms with Crippen molar-refractivity contribution in [2.75, 3.05) is 6.54 Å². The molecule has 2 N–H and O–H groups in total. The lowest BCUT2D eigenvalue weighted by Crippen LogP contribution is -2.28. The van der Waals surface area contributed by atoms with Crippen molar-refractivity contribution < 1.29 is 18.3 Å². The molecule has 0 aliphatic heterocycles. The Morgan fingerprint density at radius 1 is 1.21 bits per heavy atom. The van der Waals surface area contributed by atoms with E-state index >= 15 is 0 Å². The molecule has 0 atom stereocenters. The lowest BCUT2D eigenvalue weighted by atomic mass is 10.2. The van der Waals surface area contributed by atoms with E-state index in [-0.39, 0.29) is 12.3 Å². The summed E-state index contributed by atoms with van der Waals surface area (Å²) in [5.74, 6) is 0.00201. The fourth-order valence-corrected chi connectivity index (χ4v) is 0.999. The van der Waals surface area contributed by atoms with Crippen LogP contribution < -0.4 is 5.32 Å². The molecular formula is C9H10F3NO. The van der Waals surface area contributed by atoms with E-state index in [2.05, 4.69) is 5.32 Å². The molecule has 0 aromatic heterocycles. The average molecular weight is 205 g/mol. The van der Waals surface area contributed by atoms with Crippen molar-refractivity contribution in [3.8, 4) is 5.75 Å². The number of para-hydroxylation sites is 1. The highest BCUT2D eigenvalue weighted by atomic mass is 19.4. The van der Waals surface area contributed by atoms with E-state index in [1.165, 1.54) is 6.07 Å². The minimum atomic E-state index is -4.22. The number of aromatic hydroxyl groups is 1. The first-order valence-electron chi connectivity index (χ1n) is 4.03. The molecule has 0 spiro atoms. The molecule has 0 aliphatic carbocycles. The second-order valence-corrected chi connectivity index (χ2v) is 2.85. The average Bonchev–Trinajstić information content (AvgIpc) is 2.06. The molecule has 78 valence electrons. The van der Waals surface area contributed by atoms with Crippen molar-refractivity contribution in [3.63, 3.8) is 0 Å². The Labute approximate surface area is 79.4 Å². The van der Waals surface area contributed by atoms with Crippen LogP contribution in [0.4, 0.5) is 13.2 Å². The van der Waals surface area contributed by atoms with Crippen molar-refractivity contribution in [2.24, 2.45) is 0 Å². The van der Waals surface area contributed by atoms with Crippen LogP contribution >= 0.6 is 0 Å². The van der Waals surface area contributed by atoms with Gasteiger partial charge in [0.05, 0.1) is 6.54 Å². The summed E-state index contributed by atoms with van der Waals surface area (Å²) in [6, 6.07) is 6.27. The van der Waals surface area contributed by atoms with Crippen LogP contribution in [0.1, 0.15) is 5.56 Å². The number of alkyl halides is 3. The van der Waals surface area contributed by atoms with E-state index in [0.717, 1.165) is 0 Å². The summed E-state index contributed by atoms with van der Waals surface area (Å²) in [6.07, 6.45) is -4.22. The number of phenols is 1. The van der Waals surface area contributed by atoms with Crippen molar-refractivity contribution in [1.29, 1.82) is 0 Å². The molecule has 14 heavy (non-hydrogen) atoms. The topological polar surface area (TPSA) is 32.3 Å². The van der Waals surface area contributed by atoms with Crippen molar-refractivity contribution >= 4 is 0 Å². The molecule has 2 nitrogen and oxygen atoms in total. The number of halogens is 3. The first-order valence-corrected chi connectivity index (χ1v) is 4.03. The minimum Gasteiger partial charge on any atom is -0.508 e. The summed E-state index contributed by atoms with van der Waals surface area (Å²) in [6.45, 7) is -1.05. The number of hydrogen-bond donors (Lipinski definition) is 2. The molecule has 0 aliphatic rings. The van der Waals surface area contributed by atoms with Crippen LogP contribution in [0.15, 0.2) is 24.3 Å². The second kappa shape index (κ2) is 4.32. The summed E-state index contributed by atoms with van der Waals surface area (Å²) in [7, 11) is 0. The fourth-order valence-electron chi connectivity index (χ4n) is 0.999. The van der Waals surface area contributed by atoms with Crippen molar-refractivity contribution in [1.82, 2.24) is 5.32 Å². The van der Waals surface area contributed by atoms with Crippen LogP contribution in [0.25, 0.3) is 0 Å². The smallest absolute Gasteiger partial charge is 0.401 e. The zero-order chi connectivity index (χ0) is 10.6. The maximum Gasteiger partial charge on any atom is 0.401 e. The molecule has 1 aromatic carbocycles. The fraction of sp³-hybridized carbons (Fsp3) is 0.333. The van der Waals surface area contributed by atoms with Gasteiger partial charge in [-0.15, -0.1) is 0 Å². The monoisotopic (exact) mass is 205 g/mol. The number of phenolic OH excluding ortho intramolecular Hbond substituents is 1. The summed E-state index contributed by atoms with van der Waals surface area (Å²) in [5.41, 5.74) is 0.455. The maximum atomic E-state index is 11.7. The van der Waals surface area contributed by atoms with Gasteiger partial charge in [-0.2, -0.15) is 13.2 Å². The molecule has 0 saturated heterocycles. The van der Waals surface area contributed by atoms with Crippen LogP contribution in [0.3, 0.4) is 0 Å². The van der Waals surface area contributed by atoms with Crippen LogP contribution in [0.5, 0.6) is 5.75 Å². The quantitative estimate of drug-likeness (QED) is 0.791. The van der Waals surface area contributed by atoms with Crippen LogP contribution in [0, 0.1) is 0 Å². The molecule has 0 saturated carbocycles. The number of nitrogens with one attached hydrogen (secondary N) is 1. The summed E-state index contributed by atoms with van der Waals surface area (Å²) in [4.78, 5) is 0. The van der Waals surface area contributed by atoms with Gasteiger partial charge in [0.2, 0.25) is 0 Å². The highest BCUT2D eigenvalue weighted by Gasteiger charge is 2.26. The predicted octanol–water partition coefficient (Wildman–Crippen LogP) is 2.04. The Hall–Kier alpha value is -1.23. The normalized spacial score (nSPS) is 11.6. The molecule has 0 radical (unpaired) electrons. The molecule has 1 aromatic rings. The van der Waals surface area contributed by atoms with Gasteiger partial charge in [-0.3, -0.25) is 0 Å². The van der Waals surface area contributed by atoms with Gasteiger partial charge in [0.1, 0.15) is 5.75 Å². The van der Waals surface area contributed by atoms with E-state index < -0.39 is 12.7 Å². The Morgan fingerprint density at radius 3 is 2.43 bits per heavy atom. The Kier molecular flexibility index (Phi) is 3.35. The highest BCUT2D eigenvalue weighted by Crippen LogP contribution is 2.16. The third-order valence-electron chi connectivity index (χ3n) is 1.63. The molecular weight excluding hydrogens is 195 g/mol. The largest absolute Gasteiger partial charge is 0.508 e. The molecule has 1 rings (SSSR count). The lowest BCUT2D eigenvalue weighted by Gasteiger charge is -2.08. The third-order valence-corrected chi connectivity index (χ3v) is 1.63. The SMILES string of the molecule is Oc1ccccc1CNCC(F)(F)F. The molecule has 0 bridgehead atoms. The van der Waals surface area contributed by atoms with E-state index in [4.69, 9.17) is 0 Å². The molecule has 5 heteroatoms. The van der Waals surface area contributed by atoms with Gasteiger partial charge in [-0.1, -0.05) is 18.2 Å². The van der Waals surface area contributed by atoms with Crippen LogP contribution in [-0.2, 0) is 6.54 Å².